The van der Waals surface area contributed by atoms with Gasteiger partial charge < -0.3 is 25.1 Å². The number of amides is 2. The molecule has 48 heavy (non-hydrogen) atoms. The van der Waals surface area contributed by atoms with Crippen molar-refractivity contribution in [3.8, 4) is 17.2 Å². The number of aromatic nitrogens is 1. The van der Waals surface area contributed by atoms with Gasteiger partial charge in [-0.05, 0) is 84.5 Å². The van der Waals surface area contributed by atoms with Crippen molar-refractivity contribution in [2.45, 2.75) is 58.9 Å². The third-order valence-corrected chi connectivity index (χ3v) is 9.51. The molecule has 0 bridgehead atoms. The number of para-hydroxylation sites is 2. The number of hydrogen-bond acceptors (Lipinski definition) is 6. The van der Waals surface area contributed by atoms with Gasteiger partial charge in [-0.25, -0.2) is 9.78 Å². The normalized spacial score (nSPS) is 17.5. The molecule has 3 N–H and O–H groups in total. The molecule has 0 saturated carbocycles. The van der Waals surface area contributed by atoms with Crippen molar-refractivity contribution >= 4 is 51.5 Å². The number of phenols is 1. The van der Waals surface area contributed by atoms with E-state index >= 15 is 0 Å². The zero-order valence-electron chi connectivity index (χ0n) is 28.1. The molecule has 2 aliphatic heterocycles. The molecule has 1 fully saturated rings. The number of phenolic OH excluding ortho intramolecular Hbond substituents is 1. The lowest BCUT2D eigenvalue weighted by atomic mass is 9.83. The number of anilines is 4. The predicted octanol–water partition coefficient (Wildman–Crippen LogP) is 10.1. The van der Waals surface area contributed by atoms with Crippen molar-refractivity contribution in [3.05, 3.63) is 95.0 Å². The van der Waals surface area contributed by atoms with Crippen LogP contribution in [0.1, 0.15) is 64.6 Å². The van der Waals surface area contributed by atoms with Crippen molar-refractivity contribution in [2.24, 2.45) is 5.41 Å². The Labute approximate surface area is 286 Å². The molecule has 3 heterocycles. The van der Waals surface area contributed by atoms with Crippen molar-refractivity contribution < 1.29 is 14.3 Å². The number of nitrogens with zero attached hydrogens (tertiary/aromatic N) is 3. The summed E-state index contributed by atoms with van der Waals surface area (Å²) in [6, 6.07) is 24.8. The number of hydrogen-bond donors (Lipinski definition) is 3. The summed E-state index contributed by atoms with van der Waals surface area (Å²) in [6.45, 7) is 13.9. The maximum Gasteiger partial charge on any atom is 0.323 e. The molecule has 8 nitrogen and oxygen atoms in total. The third-order valence-electron chi connectivity index (χ3n) is 9.28. The summed E-state index contributed by atoms with van der Waals surface area (Å²) in [7, 11) is 0. The maximum atomic E-state index is 13.4. The van der Waals surface area contributed by atoms with Crippen LogP contribution < -0.4 is 15.5 Å². The van der Waals surface area contributed by atoms with E-state index in [1.807, 2.05) is 48.5 Å². The second-order valence-corrected chi connectivity index (χ2v) is 15.3. The minimum absolute atomic E-state index is 0.140. The molecule has 1 atom stereocenters. The van der Waals surface area contributed by atoms with Crippen LogP contribution in [-0.4, -0.2) is 40.7 Å². The number of urea groups is 1. The van der Waals surface area contributed by atoms with Gasteiger partial charge in [-0.3, -0.25) is 4.90 Å². The molecule has 1 unspecified atom stereocenters. The quantitative estimate of drug-likeness (QED) is 0.167. The van der Waals surface area contributed by atoms with Crippen molar-refractivity contribution in [1.82, 2.24) is 9.88 Å². The lowest BCUT2D eigenvalue weighted by Crippen LogP contribution is -2.32. The number of benzene rings is 4. The van der Waals surface area contributed by atoms with Crippen LogP contribution in [0.2, 0.25) is 5.02 Å². The summed E-state index contributed by atoms with van der Waals surface area (Å²) in [4.78, 5) is 22.7. The van der Waals surface area contributed by atoms with Crippen LogP contribution in [0.25, 0.3) is 22.6 Å². The molecule has 4 aromatic carbocycles. The average molecular weight is 664 g/mol. The van der Waals surface area contributed by atoms with Crippen LogP contribution in [0.3, 0.4) is 0 Å². The molecular weight excluding hydrogens is 622 g/mol. The Morgan fingerprint density at radius 1 is 1.04 bits per heavy atom. The number of rotatable bonds is 6. The maximum absolute atomic E-state index is 13.4. The number of halogens is 1. The number of aromatic hydroxyl groups is 1. The average Bonchev–Trinajstić information content (AvgIpc) is 3.73. The van der Waals surface area contributed by atoms with Gasteiger partial charge in [0, 0.05) is 46.9 Å². The first-order valence-electron chi connectivity index (χ1n) is 16.6. The lowest BCUT2D eigenvalue weighted by Gasteiger charge is -2.31. The van der Waals surface area contributed by atoms with Gasteiger partial charge in [0.05, 0.1) is 17.1 Å². The molecule has 7 rings (SSSR count). The Hall–Kier alpha value is -4.53. The van der Waals surface area contributed by atoms with E-state index in [2.05, 4.69) is 67.2 Å². The number of carbonyl (C=O) groups is 1. The number of carbonyl (C=O) groups excluding carboxylic acids is 1. The SMILES string of the molecule is CC(C)(C)CN1CCCC1c1ccc(NC(=O)Nc2ccccc2N2CC(C)(C)c3c(-c4nc5ccc(Cl)cc5o4)ccc(O)c32)cc1. The van der Waals surface area contributed by atoms with Crippen molar-refractivity contribution in [3.63, 3.8) is 0 Å². The van der Waals surface area contributed by atoms with Crippen LogP contribution in [0.15, 0.2) is 83.3 Å². The number of oxazole rings is 1. The molecule has 2 amide bonds. The van der Waals surface area contributed by atoms with Gasteiger partial charge in [0.2, 0.25) is 5.89 Å². The molecule has 0 aliphatic carbocycles. The molecule has 1 saturated heterocycles. The highest BCUT2D eigenvalue weighted by Crippen LogP contribution is 2.53. The minimum atomic E-state index is -0.388. The zero-order valence-corrected chi connectivity index (χ0v) is 28.9. The second kappa shape index (κ2) is 12.2. The number of fused-ring (bicyclic) bond motifs is 2. The smallest absolute Gasteiger partial charge is 0.323 e. The first kappa shape index (κ1) is 32.0. The fourth-order valence-corrected chi connectivity index (χ4v) is 7.54. The Morgan fingerprint density at radius 3 is 2.58 bits per heavy atom. The summed E-state index contributed by atoms with van der Waals surface area (Å²) in [6.07, 6.45) is 2.35. The minimum Gasteiger partial charge on any atom is -0.506 e. The number of likely N-dealkylation sites (tertiary alicyclic amines) is 1. The molecule has 0 radical (unpaired) electrons. The molecular formula is C39H42ClN5O3. The Balaban J connectivity index is 1.13. The summed E-state index contributed by atoms with van der Waals surface area (Å²) >= 11 is 6.21. The summed E-state index contributed by atoms with van der Waals surface area (Å²) in [5.74, 6) is 0.603. The van der Waals surface area contributed by atoms with Crippen LogP contribution >= 0.6 is 11.6 Å². The van der Waals surface area contributed by atoms with Gasteiger partial charge in [-0.2, -0.15) is 0 Å². The molecule has 1 aromatic heterocycles. The van der Waals surface area contributed by atoms with E-state index < -0.39 is 0 Å². The van der Waals surface area contributed by atoms with E-state index in [1.165, 1.54) is 12.0 Å². The van der Waals surface area contributed by atoms with Crippen LogP contribution in [0.4, 0.5) is 27.5 Å². The second-order valence-electron chi connectivity index (χ2n) is 14.9. The number of nitrogens with one attached hydrogen (secondary N) is 2. The van der Waals surface area contributed by atoms with Gasteiger partial charge in [0.25, 0.3) is 0 Å². The fourth-order valence-electron chi connectivity index (χ4n) is 7.38. The van der Waals surface area contributed by atoms with E-state index in [4.69, 9.17) is 21.0 Å². The highest BCUT2D eigenvalue weighted by Gasteiger charge is 2.41. The van der Waals surface area contributed by atoms with E-state index in [0.29, 0.717) is 46.0 Å². The molecule has 5 aromatic rings. The van der Waals surface area contributed by atoms with Gasteiger partial charge >= 0.3 is 6.03 Å². The van der Waals surface area contributed by atoms with Gasteiger partial charge in [-0.1, -0.05) is 70.5 Å². The third kappa shape index (κ3) is 6.22. The monoisotopic (exact) mass is 663 g/mol. The van der Waals surface area contributed by atoms with E-state index in [0.717, 1.165) is 42.0 Å². The summed E-state index contributed by atoms with van der Waals surface area (Å²) in [5.41, 5.74) is 6.95. The van der Waals surface area contributed by atoms with Gasteiger partial charge in [0.15, 0.2) is 5.58 Å². The lowest BCUT2D eigenvalue weighted by molar-refractivity contribution is 0.178. The van der Waals surface area contributed by atoms with Gasteiger partial charge in [-0.15, -0.1) is 0 Å². The molecule has 9 heteroatoms. The van der Waals surface area contributed by atoms with Crippen LogP contribution in [-0.2, 0) is 5.41 Å². The van der Waals surface area contributed by atoms with E-state index in [-0.39, 0.29) is 22.6 Å². The first-order chi connectivity index (χ1) is 22.9. The molecule has 248 valence electrons. The molecule has 0 spiro atoms. The van der Waals surface area contributed by atoms with E-state index in [9.17, 15) is 9.90 Å². The Morgan fingerprint density at radius 2 is 1.81 bits per heavy atom. The van der Waals surface area contributed by atoms with Crippen molar-refractivity contribution in [2.75, 3.05) is 35.2 Å². The largest absolute Gasteiger partial charge is 0.506 e. The summed E-state index contributed by atoms with van der Waals surface area (Å²) < 4.78 is 6.16. The highest BCUT2D eigenvalue weighted by molar-refractivity contribution is 6.31. The Bertz CT molecular complexity index is 2000. The highest BCUT2D eigenvalue weighted by atomic mass is 35.5. The Kier molecular flexibility index (Phi) is 8.12. The van der Waals surface area contributed by atoms with Gasteiger partial charge in [0.1, 0.15) is 11.3 Å². The zero-order chi connectivity index (χ0) is 33.8. The standard InChI is InChI=1S/C39H42ClN5O3/c1-38(2,3)22-44-20-8-11-30(44)24-12-15-26(16-13-24)41-37(47)43-28-9-6-7-10-31(28)45-23-39(4,5)34-27(17-19-32(46)35(34)45)36-42-29-18-14-25(40)21-33(29)48-36/h6-7,9-10,12-19,21,30,46H,8,11,20,22-23H2,1-5H3,(H2,41,43,47). The first-order valence-corrected chi connectivity index (χ1v) is 17.0. The summed E-state index contributed by atoms with van der Waals surface area (Å²) in [5, 5.41) is 17.9. The van der Waals surface area contributed by atoms with E-state index in [1.54, 1.807) is 18.2 Å². The topological polar surface area (TPSA) is 93.9 Å². The molecule has 2 aliphatic rings. The predicted molar refractivity (Wildman–Crippen MR) is 195 cm³/mol. The van der Waals surface area contributed by atoms with Crippen molar-refractivity contribution in [1.29, 1.82) is 0 Å². The van der Waals surface area contributed by atoms with Crippen LogP contribution in [0, 0.1) is 5.41 Å². The van der Waals surface area contributed by atoms with Crippen LogP contribution in [0.5, 0.6) is 5.75 Å². The fraction of sp³-hybridized carbons (Fsp3) is 0.333.